The summed E-state index contributed by atoms with van der Waals surface area (Å²) in [5, 5.41) is 33.4. The van der Waals surface area contributed by atoms with E-state index in [1.54, 1.807) is 0 Å². The van der Waals surface area contributed by atoms with Crippen LogP contribution in [0, 0.1) is 10.1 Å². The van der Waals surface area contributed by atoms with E-state index in [4.69, 9.17) is 10.2 Å². The Labute approximate surface area is 94.2 Å². The van der Waals surface area contributed by atoms with Gasteiger partial charge in [0, 0.05) is 5.92 Å². The van der Waals surface area contributed by atoms with Crippen LogP contribution in [0.3, 0.4) is 0 Å². The lowest BCUT2D eigenvalue weighted by molar-refractivity contribution is -0.390. The van der Waals surface area contributed by atoms with Crippen molar-refractivity contribution in [2.24, 2.45) is 0 Å². The average Bonchev–Trinajstić information content (AvgIpc) is 2.62. The number of aromatic amines is 1. The maximum atomic E-state index is 10.6. The molecule has 0 aliphatic carbocycles. The Balaban J connectivity index is 3.03. The highest BCUT2D eigenvalue weighted by Gasteiger charge is 2.27. The third-order valence-electron chi connectivity index (χ3n) is 2.11. The number of hydrogen-bond acceptors (Lipinski definition) is 5. The first-order valence-corrected chi connectivity index (χ1v) is 4.53. The Bertz CT molecular complexity index is 438. The number of aliphatic carboxylic acids is 2. The number of carboxylic acid groups (broad SMARTS) is 2. The van der Waals surface area contributed by atoms with Gasteiger partial charge in [-0.3, -0.25) is 9.59 Å². The highest BCUT2D eigenvalue weighted by Crippen LogP contribution is 2.29. The fourth-order valence-corrected chi connectivity index (χ4v) is 1.45. The summed E-state index contributed by atoms with van der Waals surface area (Å²) in [6.07, 6.45) is 0.0635. The summed E-state index contributed by atoms with van der Waals surface area (Å²) in [4.78, 5) is 31.0. The van der Waals surface area contributed by atoms with E-state index in [0.29, 0.717) is 0 Å². The predicted molar refractivity (Wildman–Crippen MR) is 52.5 cm³/mol. The second-order valence-corrected chi connectivity index (χ2v) is 3.32. The minimum atomic E-state index is -1.23. The van der Waals surface area contributed by atoms with E-state index in [0.717, 1.165) is 6.20 Å². The van der Waals surface area contributed by atoms with E-state index in [-0.39, 0.29) is 5.56 Å². The molecule has 0 aromatic carbocycles. The molecule has 9 heteroatoms. The van der Waals surface area contributed by atoms with Crippen molar-refractivity contribution < 1.29 is 24.7 Å². The monoisotopic (exact) mass is 243 g/mol. The topological polar surface area (TPSA) is 146 Å². The Morgan fingerprint density at radius 3 is 2.35 bits per heavy atom. The van der Waals surface area contributed by atoms with Crippen LogP contribution in [0.4, 0.5) is 5.82 Å². The van der Waals surface area contributed by atoms with Crippen LogP contribution in [-0.4, -0.2) is 37.3 Å². The highest BCUT2D eigenvalue weighted by atomic mass is 16.6. The molecule has 0 bridgehead atoms. The number of nitrogens with zero attached hydrogens (tertiary/aromatic N) is 2. The summed E-state index contributed by atoms with van der Waals surface area (Å²) in [6.45, 7) is 0. The lowest BCUT2D eigenvalue weighted by Gasteiger charge is -2.09. The van der Waals surface area contributed by atoms with Crippen LogP contribution in [0.5, 0.6) is 0 Å². The molecule has 3 N–H and O–H groups in total. The van der Waals surface area contributed by atoms with Gasteiger partial charge in [0.15, 0.2) is 0 Å². The molecular weight excluding hydrogens is 234 g/mol. The fraction of sp³-hybridized carbons (Fsp3) is 0.375. The van der Waals surface area contributed by atoms with Gasteiger partial charge in [0.05, 0.1) is 24.6 Å². The molecule has 0 amide bonds. The maximum Gasteiger partial charge on any atom is 0.346 e. The summed E-state index contributed by atoms with van der Waals surface area (Å²) in [6, 6.07) is 0. The van der Waals surface area contributed by atoms with Crippen molar-refractivity contribution >= 4 is 17.8 Å². The molecule has 1 aromatic rings. The molecule has 92 valence electrons. The normalized spacial score (nSPS) is 10.4. The molecule has 0 unspecified atom stereocenters. The van der Waals surface area contributed by atoms with Crippen LogP contribution in [-0.2, 0) is 9.59 Å². The van der Waals surface area contributed by atoms with Gasteiger partial charge in [-0.2, -0.15) is 0 Å². The molecule has 1 rings (SSSR count). The zero-order valence-electron chi connectivity index (χ0n) is 8.49. The lowest BCUT2D eigenvalue weighted by Crippen LogP contribution is -2.12. The SMILES string of the molecule is O=C(O)CC(CC(=O)O)c1cn[nH]c1[N+](=O)[O-]. The predicted octanol–water partition coefficient (Wildman–Crippen LogP) is 0.351. The zero-order valence-corrected chi connectivity index (χ0v) is 8.49. The van der Waals surface area contributed by atoms with Crippen molar-refractivity contribution in [1.29, 1.82) is 0 Å². The van der Waals surface area contributed by atoms with Gasteiger partial charge < -0.3 is 20.3 Å². The molecule has 0 atom stereocenters. The standard InChI is InChI=1S/C8H9N3O6/c12-6(13)1-4(2-7(14)15)5-3-9-10-8(5)11(16)17/h3-4H,1-2H2,(H,9,10)(H,12,13)(H,14,15). The summed E-state index contributed by atoms with van der Waals surface area (Å²) in [5.41, 5.74) is -0.0141. The molecule has 0 saturated heterocycles. The van der Waals surface area contributed by atoms with Gasteiger partial charge in [0.25, 0.3) is 0 Å². The van der Waals surface area contributed by atoms with Gasteiger partial charge in [0.1, 0.15) is 0 Å². The highest BCUT2D eigenvalue weighted by molar-refractivity contribution is 5.72. The summed E-state index contributed by atoms with van der Waals surface area (Å²) in [7, 11) is 0. The van der Waals surface area contributed by atoms with E-state index in [1.807, 2.05) is 0 Å². The smallest absolute Gasteiger partial charge is 0.346 e. The minimum Gasteiger partial charge on any atom is -0.481 e. The van der Waals surface area contributed by atoms with Crippen LogP contribution in [0.2, 0.25) is 0 Å². The molecule has 0 aliphatic rings. The van der Waals surface area contributed by atoms with E-state index >= 15 is 0 Å². The first-order chi connectivity index (χ1) is 7.91. The third-order valence-corrected chi connectivity index (χ3v) is 2.11. The number of aromatic nitrogens is 2. The summed E-state index contributed by atoms with van der Waals surface area (Å²) >= 11 is 0. The van der Waals surface area contributed by atoms with Gasteiger partial charge in [-0.25, -0.2) is 0 Å². The molecule has 9 nitrogen and oxygen atoms in total. The van der Waals surface area contributed by atoms with Crippen molar-refractivity contribution in [3.63, 3.8) is 0 Å². The first-order valence-electron chi connectivity index (χ1n) is 4.53. The number of rotatable bonds is 6. The quantitative estimate of drug-likeness (QED) is 0.482. The second kappa shape index (κ2) is 5.05. The van der Waals surface area contributed by atoms with E-state index in [1.165, 1.54) is 0 Å². The number of carbonyl (C=O) groups is 2. The number of carboxylic acids is 2. The van der Waals surface area contributed by atoms with Crippen molar-refractivity contribution in [1.82, 2.24) is 10.2 Å². The zero-order chi connectivity index (χ0) is 13.0. The number of H-pyrrole nitrogens is 1. The molecule has 1 aromatic heterocycles. The number of nitrogens with one attached hydrogen (secondary N) is 1. The van der Waals surface area contributed by atoms with Crippen molar-refractivity contribution in [2.45, 2.75) is 18.8 Å². The summed E-state index contributed by atoms with van der Waals surface area (Å²) in [5.74, 6) is -3.92. The summed E-state index contributed by atoms with van der Waals surface area (Å²) < 4.78 is 0. The van der Waals surface area contributed by atoms with Crippen molar-refractivity contribution in [2.75, 3.05) is 0 Å². The van der Waals surface area contributed by atoms with Crippen molar-refractivity contribution in [3.8, 4) is 0 Å². The molecule has 0 radical (unpaired) electrons. The van der Waals surface area contributed by atoms with Gasteiger partial charge >= 0.3 is 17.8 Å². The van der Waals surface area contributed by atoms with Crippen LogP contribution in [0.15, 0.2) is 6.20 Å². The average molecular weight is 243 g/mol. The molecule has 17 heavy (non-hydrogen) atoms. The van der Waals surface area contributed by atoms with Crippen LogP contribution < -0.4 is 0 Å². The van der Waals surface area contributed by atoms with Gasteiger partial charge in [-0.05, 0) is 4.92 Å². The Morgan fingerprint density at radius 2 is 1.94 bits per heavy atom. The molecule has 0 fully saturated rings. The molecule has 0 spiro atoms. The molecular formula is C8H9N3O6. The van der Waals surface area contributed by atoms with Crippen LogP contribution in [0.1, 0.15) is 24.3 Å². The van der Waals surface area contributed by atoms with Gasteiger partial charge in [-0.15, -0.1) is 5.10 Å². The molecule has 1 heterocycles. The second-order valence-electron chi connectivity index (χ2n) is 3.32. The Hall–Kier alpha value is -2.45. The fourth-order valence-electron chi connectivity index (χ4n) is 1.45. The maximum absolute atomic E-state index is 10.6. The number of nitro groups is 1. The van der Waals surface area contributed by atoms with Crippen LogP contribution >= 0.6 is 0 Å². The van der Waals surface area contributed by atoms with E-state index in [9.17, 15) is 19.7 Å². The Morgan fingerprint density at radius 1 is 1.41 bits per heavy atom. The first kappa shape index (κ1) is 12.6. The Kier molecular flexibility index (Phi) is 3.75. The van der Waals surface area contributed by atoms with E-state index < -0.39 is 41.4 Å². The van der Waals surface area contributed by atoms with Gasteiger partial charge in [0.2, 0.25) is 0 Å². The van der Waals surface area contributed by atoms with Gasteiger partial charge in [-0.1, -0.05) is 5.10 Å². The van der Waals surface area contributed by atoms with Crippen molar-refractivity contribution in [3.05, 3.63) is 21.9 Å². The molecule has 0 aliphatic heterocycles. The van der Waals surface area contributed by atoms with E-state index in [2.05, 4.69) is 10.2 Å². The largest absolute Gasteiger partial charge is 0.481 e. The third kappa shape index (κ3) is 3.26. The minimum absolute atomic E-state index is 0.0141. The van der Waals surface area contributed by atoms with Crippen LogP contribution in [0.25, 0.3) is 0 Å². The number of hydrogen-bond donors (Lipinski definition) is 3. The lowest BCUT2D eigenvalue weighted by atomic mass is 9.94. The molecule has 0 saturated carbocycles.